The first-order valence-electron chi connectivity index (χ1n) is 7.64. The van der Waals surface area contributed by atoms with Crippen molar-refractivity contribution in [1.82, 2.24) is 4.90 Å². The van der Waals surface area contributed by atoms with Crippen molar-refractivity contribution in [2.75, 3.05) is 20.6 Å². The number of hydrogen-bond donors (Lipinski definition) is 1. The molecule has 112 valence electrons. The molecule has 0 bridgehead atoms. The van der Waals surface area contributed by atoms with Crippen molar-refractivity contribution in [3.05, 3.63) is 35.6 Å². The van der Waals surface area contributed by atoms with Crippen LogP contribution in [-0.4, -0.2) is 36.2 Å². The van der Waals surface area contributed by atoms with E-state index in [9.17, 15) is 9.50 Å². The minimum absolute atomic E-state index is 0.0559. The van der Waals surface area contributed by atoms with E-state index >= 15 is 0 Å². The Bertz CT molecular complexity index is 435. The molecule has 0 radical (unpaired) electrons. The first kappa shape index (κ1) is 15.5. The second-order valence-corrected chi connectivity index (χ2v) is 6.33. The van der Waals surface area contributed by atoms with Gasteiger partial charge in [-0.05, 0) is 58.0 Å². The van der Waals surface area contributed by atoms with E-state index in [4.69, 9.17) is 0 Å². The summed E-state index contributed by atoms with van der Waals surface area (Å²) in [6.07, 6.45) is 5.51. The quantitative estimate of drug-likeness (QED) is 0.891. The van der Waals surface area contributed by atoms with Gasteiger partial charge in [-0.3, -0.25) is 0 Å². The maximum atomic E-state index is 14.0. The van der Waals surface area contributed by atoms with E-state index in [1.165, 1.54) is 6.07 Å². The van der Waals surface area contributed by atoms with Crippen LogP contribution in [0, 0.1) is 5.82 Å². The lowest BCUT2D eigenvalue weighted by Gasteiger charge is -2.41. The van der Waals surface area contributed by atoms with Crippen molar-refractivity contribution in [3.63, 3.8) is 0 Å². The van der Waals surface area contributed by atoms with Crippen LogP contribution in [0.25, 0.3) is 0 Å². The van der Waals surface area contributed by atoms with Crippen LogP contribution in [0.2, 0.25) is 0 Å². The highest BCUT2D eigenvalue weighted by molar-refractivity contribution is 5.25. The largest absolute Gasteiger partial charge is 0.389 e. The lowest BCUT2D eigenvalue weighted by molar-refractivity contribution is -0.0279. The highest BCUT2D eigenvalue weighted by atomic mass is 19.1. The number of halogens is 1. The van der Waals surface area contributed by atoms with Crippen molar-refractivity contribution in [2.24, 2.45) is 0 Å². The zero-order valence-electron chi connectivity index (χ0n) is 12.6. The fraction of sp³-hybridized carbons (Fsp3) is 0.647. The number of hydrogen-bond acceptors (Lipinski definition) is 2. The van der Waals surface area contributed by atoms with Crippen molar-refractivity contribution in [1.29, 1.82) is 0 Å². The predicted molar refractivity (Wildman–Crippen MR) is 80.3 cm³/mol. The van der Waals surface area contributed by atoms with Gasteiger partial charge in [0.15, 0.2) is 0 Å². The first-order chi connectivity index (χ1) is 9.53. The third-order valence-corrected chi connectivity index (χ3v) is 4.50. The molecule has 1 aromatic carbocycles. The number of nitrogens with zero attached hydrogens (tertiary/aromatic N) is 1. The average Bonchev–Trinajstić information content (AvgIpc) is 2.40. The zero-order valence-corrected chi connectivity index (χ0v) is 12.6. The van der Waals surface area contributed by atoms with E-state index in [-0.39, 0.29) is 11.7 Å². The molecule has 0 heterocycles. The maximum Gasteiger partial charge on any atom is 0.126 e. The lowest BCUT2D eigenvalue weighted by Crippen LogP contribution is -2.40. The van der Waals surface area contributed by atoms with Gasteiger partial charge in [0.2, 0.25) is 0 Å². The highest BCUT2D eigenvalue weighted by Gasteiger charge is 2.40. The molecule has 2 nitrogen and oxygen atoms in total. The Hall–Kier alpha value is -0.930. The maximum absolute atomic E-state index is 14.0. The normalized spacial score (nSPS) is 26.9. The van der Waals surface area contributed by atoms with Crippen molar-refractivity contribution in [3.8, 4) is 0 Å². The van der Waals surface area contributed by atoms with Crippen LogP contribution in [0.5, 0.6) is 0 Å². The smallest absolute Gasteiger partial charge is 0.126 e. The molecule has 1 fully saturated rings. The van der Waals surface area contributed by atoms with Gasteiger partial charge in [-0.15, -0.1) is 0 Å². The van der Waals surface area contributed by atoms with Crippen molar-refractivity contribution >= 4 is 0 Å². The third kappa shape index (κ3) is 3.58. The molecule has 2 unspecified atom stereocenters. The molecule has 0 aliphatic heterocycles. The highest BCUT2D eigenvalue weighted by Crippen LogP contribution is 2.44. The molecule has 2 rings (SSSR count). The Morgan fingerprint density at radius 3 is 2.75 bits per heavy atom. The molecule has 1 aliphatic carbocycles. The monoisotopic (exact) mass is 279 g/mol. The van der Waals surface area contributed by atoms with Gasteiger partial charge >= 0.3 is 0 Å². The van der Waals surface area contributed by atoms with Gasteiger partial charge in [0.25, 0.3) is 0 Å². The Morgan fingerprint density at radius 2 is 2.05 bits per heavy atom. The topological polar surface area (TPSA) is 23.5 Å². The molecular formula is C17H26FNO. The second-order valence-electron chi connectivity index (χ2n) is 6.33. The molecule has 1 aromatic rings. The summed E-state index contributed by atoms with van der Waals surface area (Å²) < 4.78 is 14.0. The fourth-order valence-corrected chi connectivity index (χ4v) is 3.43. The standard InChI is InChI=1S/C17H26FNO/c1-19(2)13-7-12-17(20)11-6-5-9-15(17)14-8-3-4-10-16(14)18/h3-4,8,10,15,20H,5-7,9,11-13H2,1-2H3. The number of rotatable bonds is 5. The van der Waals surface area contributed by atoms with E-state index in [0.717, 1.165) is 45.1 Å². The zero-order chi connectivity index (χ0) is 14.6. The van der Waals surface area contributed by atoms with Gasteiger partial charge in [-0.25, -0.2) is 4.39 Å². The molecule has 0 amide bonds. The molecule has 0 aromatic heterocycles. The van der Waals surface area contributed by atoms with E-state index in [1.54, 1.807) is 6.07 Å². The molecule has 1 N–H and O–H groups in total. The minimum atomic E-state index is -0.740. The summed E-state index contributed by atoms with van der Waals surface area (Å²) >= 11 is 0. The summed E-state index contributed by atoms with van der Waals surface area (Å²) in [6.45, 7) is 0.965. The molecule has 1 aliphatic rings. The van der Waals surface area contributed by atoms with E-state index < -0.39 is 5.60 Å². The summed E-state index contributed by atoms with van der Waals surface area (Å²) in [5.41, 5.74) is -0.0456. The first-order valence-corrected chi connectivity index (χ1v) is 7.64. The molecule has 1 saturated carbocycles. The second kappa shape index (κ2) is 6.68. The van der Waals surface area contributed by atoms with Crippen LogP contribution < -0.4 is 0 Å². The summed E-state index contributed by atoms with van der Waals surface area (Å²) in [5, 5.41) is 11.0. The van der Waals surface area contributed by atoms with Crippen LogP contribution in [0.4, 0.5) is 4.39 Å². The van der Waals surface area contributed by atoms with Crippen LogP contribution >= 0.6 is 0 Å². The van der Waals surface area contributed by atoms with Gasteiger partial charge in [-0.1, -0.05) is 31.0 Å². The molecule has 0 spiro atoms. The number of aliphatic hydroxyl groups is 1. The molecule has 20 heavy (non-hydrogen) atoms. The third-order valence-electron chi connectivity index (χ3n) is 4.50. The summed E-state index contributed by atoms with van der Waals surface area (Å²) in [7, 11) is 4.08. The predicted octanol–water partition coefficient (Wildman–Crippen LogP) is 3.56. The molecule has 3 heteroatoms. The average molecular weight is 279 g/mol. The van der Waals surface area contributed by atoms with Gasteiger partial charge in [0.05, 0.1) is 5.60 Å². The van der Waals surface area contributed by atoms with Crippen LogP contribution in [0.3, 0.4) is 0 Å². The Labute approximate surface area is 121 Å². The van der Waals surface area contributed by atoms with E-state index in [2.05, 4.69) is 4.90 Å². The van der Waals surface area contributed by atoms with Crippen LogP contribution in [0.15, 0.2) is 24.3 Å². The molecular weight excluding hydrogens is 253 g/mol. The van der Waals surface area contributed by atoms with E-state index in [1.807, 2.05) is 26.2 Å². The SMILES string of the molecule is CN(C)CCCC1(O)CCCCC1c1ccccc1F. The van der Waals surface area contributed by atoms with E-state index in [0.29, 0.717) is 5.56 Å². The van der Waals surface area contributed by atoms with Crippen LogP contribution in [-0.2, 0) is 0 Å². The van der Waals surface area contributed by atoms with Gasteiger partial charge < -0.3 is 10.0 Å². The fourth-order valence-electron chi connectivity index (χ4n) is 3.43. The lowest BCUT2D eigenvalue weighted by atomic mass is 9.70. The summed E-state index contributed by atoms with van der Waals surface area (Å²) in [6, 6.07) is 6.92. The van der Waals surface area contributed by atoms with Gasteiger partial charge in [0, 0.05) is 5.92 Å². The Kier molecular flexibility index (Phi) is 5.17. The summed E-state index contributed by atoms with van der Waals surface area (Å²) in [4.78, 5) is 2.13. The Morgan fingerprint density at radius 1 is 1.30 bits per heavy atom. The summed E-state index contributed by atoms with van der Waals surface area (Å²) in [5.74, 6) is -0.231. The Balaban J connectivity index is 2.14. The minimum Gasteiger partial charge on any atom is -0.389 e. The molecule has 2 atom stereocenters. The van der Waals surface area contributed by atoms with Crippen molar-refractivity contribution < 1.29 is 9.50 Å². The van der Waals surface area contributed by atoms with Gasteiger partial charge in [-0.2, -0.15) is 0 Å². The van der Waals surface area contributed by atoms with Crippen molar-refractivity contribution in [2.45, 2.75) is 50.0 Å². The number of benzene rings is 1. The van der Waals surface area contributed by atoms with Gasteiger partial charge in [0.1, 0.15) is 5.82 Å². The molecule has 0 saturated heterocycles. The van der Waals surface area contributed by atoms with Crippen LogP contribution in [0.1, 0.15) is 50.0 Å².